The molecule has 2 atom stereocenters. The summed E-state index contributed by atoms with van der Waals surface area (Å²) in [5.41, 5.74) is 4.39. The first-order valence-electron chi connectivity index (χ1n) is 22.0. The summed E-state index contributed by atoms with van der Waals surface area (Å²) in [6.07, 6.45) is 7.62. The van der Waals surface area contributed by atoms with Crippen molar-refractivity contribution in [2.24, 2.45) is 10.2 Å². The highest BCUT2D eigenvalue weighted by molar-refractivity contribution is 6.06. The third kappa shape index (κ3) is 8.80. The number of nitrogens with zero attached hydrogens (tertiary/aromatic N) is 10. The van der Waals surface area contributed by atoms with Crippen molar-refractivity contribution in [1.82, 2.24) is 39.5 Å². The molecule has 2 saturated heterocycles. The minimum Gasteiger partial charge on any atom is -0.493 e. The Kier molecular flexibility index (Phi) is 12.5. The zero-order valence-corrected chi connectivity index (χ0v) is 37.3. The average molecular weight is 901 g/mol. The number of carbonyl (C=O) groups is 4. The number of amides is 4. The summed E-state index contributed by atoms with van der Waals surface area (Å²) in [7, 11) is 6.65. The van der Waals surface area contributed by atoms with Crippen molar-refractivity contribution in [3.8, 4) is 17.2 Å². The molecular weight excluding hydrogens is 849 g/mol. The molecule has 3 aliphatic heterocycles. The maximum atomic E-state index is 13.4. The highest BCUT2D eigenvalue weighted by atomic mass is 16.5. The number of anilines is 3. The molecule has 3 fully saturated rings. The Morgan fingerprint density at radius 3 is 2.39 bits per heavy atom. The smallest absolute Gasteiger partial charge is 0.260 e. The molecule has 6 heterocycles. The standard InChI is InChI=1S/C46H52N12O8/c1-54(2)45(63)35-20-27-23-48-46(51-42(27)58(35)29-8-5-6-9-29)49-38-14-12-30(24-47-38)55-16-18-56(19-17-55)40(60)26-66-41-36(64-3)21-28(22-37(41)65-4)52-53-33-11-7-10-31-32(33)25-57(44(31)62)34-13-15-39(59)50-43(34)61/h7,10-12,14,20-24,29,34,45,63H,5-6,8-9,13,15-19,25-26H2,1-4H3,(H,50,59,61)(H,47,48,49,51). The van der Waals surface area contributed by atoms with Gasteiger partial charge in [-0.2, -0.15) is 15.2 Å². The summed E-state index contributed by atoms with van der Waals surface area (Å²) >= 11 is 0. The van der Waals surface area contributed by atoms with Crippen LogP contribution in [0.3, 0.4) is 0 Å². The van der Waals surface area contributed by atoms with Gasteiger partial charge < -0.3 is 43.9 Å². The van der Waals surface area contributed by atoms with E-state index in [4.69, 9.17) is 19.2 Å². The predicted molar refractivity (Wildman–Crippen MR) is 242 cm³/mol. The first-order chi connectivity index (χ1) is 32.0. The number of pyridine rings is 1. The molecule has 344 valence electrons. The number of carbonyl (C=O) groups excluding carboxylic acids is 4. The lowest BCUT2D eigenvalue weighted by molar-refractivity contribution is -0.137. The summed E-state index contributed by atoms with van der Waals surface area (Å²) in [6.45, 7) is 2.06. The Morgan fingerprint density at radius 1 is 0.955 bits per heavy atom. The number of aliphatic hydroxyl groups excluding tert-OH is 1. The van der Waals surface area contributed by atoms with Gasteiger partial charge in [-0.3, -0.25) is 29.4 Å². The van der Waals surface area contributed by atoms with Crippen LogP contribution >= 0.6 is 0 Å². The molecular formula is C46H52N12O8. The van der Waals surface area contributed by atoms with E-state index in [0.29, 0.717) is 60.4 Å². The van der Waals surface area contributed by atoms with E-state index in [1.54, 1.807) is 52.5 Å². The molecule has 4 aliphatic rings. The Morgan fingerprint density at radius 2 is 1.71 bits per heavy atom. The molecule has 2 aromatic carbocycles. The van der Waals surface area contributed by atoms with Crippen LogP contribution in [0.2, 0.25) is 0 Å². The lowest BCUT2D eigenvalue weighted by Gasteiger charge is -2.36. The number of nitrogens with one attached hydrogen (secondary N) is 2. The summed E-state index contributed by atoms with van der Waals surface area (Å²) in [6, 6.07) is 13.7. The van der Waals surface area contributed by atoms with Crippen LogP contribution in [0.25, 0.3) is 11.0 Å². The van der Waals surface area contributed by atoms with Crippen molar-refractivity contribution in [2.45, 2.75) is 63.4 Å². The molecule has 66 heavy (non-hydrogen) atoms. The first kappa shape index (κ1) is 44.0. The van der Waals surface area contributed by atoms with Crippen molar-refractivity contribution in [1.29, 1.82) is 0 Å². The number of hydrogen-bond donors (Lipinski definition) is 3. The van der Waals surface area contributed by atoms with Crippen LogP contribution < -0.4 is 29.7 Å². The van der Waals surface area contributed by atoms with Crippen LogP contribution in [0.5, 0.6) is 17.2 Å². The summed E-state index contributed by atoms with van der Waals surface area (Å²) in [5.74, 6) is 0.467. The van der Waals surface area contributed by atoms with E-state index in [9.17, 15) is 24.3 Å². The molecule has 3 N–H and O–H groups in total. The number of aromatic nitrogens is 4. The Hall–Kier alpha value is -7.19. The fourth-order valence-corrected chi connectivity index (χ4v) is 9.14. The average Bonchev–Trinajstić information content (AvgIpc) is 4.08. The number of imide groups is 1. The largest absolute Gasteiger partial charge is 0.493 e. The van der Waals surface area contributed by atoms with Gasteiger partial charge in [0.1, 0.15) is 23.7 Å². The summed E-state index contributed by atoms with van der Waals surface area (Å²) < 4.78 is 19.5. The molecule has 1 saturated carbocycles. The van der Waals surface area contributed by atoms with Crippen LogP contribution in [0.4, 0.5) is 28.8 Å². The number of benzene rings is 2. The highest BCUT2D eigenvalue weighted by Gasteiger charge is 2.40. The summed E-state index contributed by atoms with van der Waals surface area (Å²) in [5, 5.41) is 26.3. The van der Waals surface area contributed by atoms with Gasteiger partial charge in [-0.1, -0.05) is 18.9 Å². The molecule has 1 aliphatic carbocycles. The van der Waals surface area contributed by atoms with Gasteiger partial charge in [0.2, 0.25) is 23.5 Å². The molecule has 4 amide bonds. The number of fused-ring (bicyclic) bond motifs is 2. The number of hydrogen-bond acceptors (Lipinski definition) is 16. The topological polar surface area (TPSA) is 222 Å². The van der Waals surface area contributed by atoms with E-state index in [-0.39, 0.29) is 67.0 Å². The number of azo groups is 1. The van der Waals surface area contributed by atoms with Gasteiger partial charge in [-0.05, 0) is 63.7 Å². The van der Waals surface area contributed by atoms with Crippen LogP contribution in [-0.4, -0.2) is 130 Å². The summed E-state index contributed by atoms with van der Waals surface area (Å²) in [4.78, 5) is 72.2. The van der Waals surface area contributed by atoms with E-state index in [2.05, 4.69) is 40.3 Å². The monoisotopic (exact) mass is 900 g/mol. The fraction of sp³-hybridized carbons (Fsp3) is 0.413. The van der Waals surface area contributed by atoms with Gasteiger partial charge in [0.15, 0.2) is 18.1 Å². The second-order valence-corrected chi connectivity index (χ2v) is 17.0. The van der Waals surface area contributed by atoms with E-state index >= 15 is 0 Å². The van der Waals surface area contributed by atoms with Crippen molar-refractivity contribution < 1.29 is 38.5 Å². The number of rotatable bonds is 14. The van der Waals surface area contributed by atoms with Crippen molar-refractivity contribution in [3.05, 3.63) is 77.7 Å². The van der Waals surface area contributed by atoms with E-state index < -0.39 is 18.2 Å². The molecule has 5 aromatic rings. The van der Waals surface area contributed by atoms with Gasteiger partial charge in [0.05, 0.1) is 43.2 Å². The fourth-order valence-electron chi connectivity index (χ4n) is 9.14. The van der Waals surface area contributed by atoms with Crippen molar-refractivity contribution in [3.63, 3.8) is 0 Å². The quantitative estimate of drug-likeness (QED) is 0.0745. The van der Waals surface area contributed by atoms with Crippen molar-refractivity contribution >= 4 is 63.5 Å². The molecule has 20 heteroatoms. The van der Waals surface area contributed by atoms with Crippen LogP contribution in [0.15, 0.2) is 71.2 Å². The SMILES string of the molecule is COc1cc(N=Nc2cccc3c2CN(C2CCC(=O)NC2=O)C3=O)cc(OC)c1OCC(=O)N1CCN(c2ccc(Nc3ncc4cc(C(O)N(C)C)n(C5CCCC5)c4n3)nc2)CC1. The van der Waals surface area contributed by atoms with E-state index in [1.165, 1.54) is 19.1 Å². The van der Waals surface area contributed by atoms with Gasteiger partial charge in [0.25, 0.3) is 11.8 Å². The van der Waals surface area contributed by atoms with Gasteiger partial charge in [0, 0.05) is 80.0 Å². The van der Waals surface area contributed by atoms with E-state index in [1.807, 2.05) is 32.3 Å². The second-order valence-electron chi connectivity index (χ2n) is 17.0. The molecule has 2 unspecified atom stereocenters. The number of piperazine rings is 1. The molecule has 0 spiro atoms. The third-order valence-corrected chi connectivity index (χ3v) is 12.7. The third-order valence-electron chi connectivity index (χ3n) is 12.7. The molecule has 0 radical (unpaired) electrons. The Balaban J connectivity index is 0.798. The normalized spacial score (nSPS) is 18.4. The minimum atomic E-state index is -0.757. The molecule has 0 bridgehead atoms. The van der Waals surface area contributed by atoms with Crippen LogP contribution in [0, 0.1) is 0 Å². The van der Waals surface area contributed by atoms with Crippen molar-refractivity contribution in [2.75, 3.05) is 71.3 Å². The zero-order chi connectivity index (χ0) is 46.1. The maximum Gasteiger partial charge on any atom is 0.260 e. The number of methoxy groups -OCH3 is 2. The van der Waals surface area contributed by atoms with Gasteiger partial charge in [-0.25, -0.2) is 9.97 Å². The number of piperidine rings is 1. The van der Waals surface area contributed by atoms with Gasteiger partial charge in [-0.15, -0.1) is 0 Å². The lowest BCUT2D eigenvalue weighted by Crippen LogP contribution is -2.52. The predicted octanol–water partition coefficient (Wildman–Crippen LogP) is 5.16. The number of aliphatic hydroxyl groups is 1. The molecule has 3 aromatic heterocycles. The van der Waals surface area contributed by atoms with Gasteiger partial charge >= 0.3 is 0 Å². The maximum absolute atomic E-state index is 13.4. The molecule has 20 nitrogen and oxygen atoms in total. The minimum absolute atomic E-state index is 0.151. The number of ether oxygens (including phenoxy) is 3. The second kappa shape index (κ2) is 18.7. The highest BCUT2D eigenvalue weighted by Crippen LogP contribution is 2.43. The zero-order valence-electron chi connectivity index (χ0n) is 37.3. The van der Waals surface area contributed by atoms with E-state index in [0.717, 1.165) is 48.1 Å². The first-order valence-corrected chi connectivity index (χ1v) is 22.0. The Labute approximate surface area is 380 Å². The van der Waals surface area contributed by atoms with Crippen LogP contribution in [-0.2, 0) is 20.9 Å². The van der Waals surface area contributed by atoms with Crippen LogP contribution in [0.1, 0.15) is 72.4 Å². The Bertz CT molecular complexity index is 2670. The molecule has 9 rings (SSSR count). The lowest BCUT2D eigenvalue weighted by atomic mass is 10.0.